The van der Waals surface area contributed by atoms with E-state index in [0.29, 0.717) is 16.3 Å². The number of aliphatic carboxylic acids is 1. The first-order valence-corrected chi connectivity index (χ1v) is 6.72. The lowest BCUT2D eigenvalue weighted by atomic mass is 9.91. The summed E-state index contributed by atoms with van der Waals surface area (Å²) in [5.74, 6) is -1.04. The van der Waals surface area contributed by atoms with Crippen LogP contribution >= 0.6 is 23.2 Å². The smallest absolute Gasteiger partial charge is 0.333 e. The molecule has 1 unspecified atom stereocenters. The van der Waals surface area contributed by atoms with Crippen LogP contribution in [0.5, 0.6) is 0 Å². The van der Waals surface area contributed by atoms with Gasteiger partial charge in [0.15, 0.2) is 5.54 Å². The first-order chi connectivity index (χ1) is 9.45. The van der Waals surface area contributed by atoms with Crippen molar-refractivity contribution in [1.29, 1.82) is 0 Å². The topological polar surface area (TPSA) is 49.3 Å². The van der Waals surface area contributed by atoms with Crippen LogP contribution in [0.15, 0.2) is 48.5 Å². The lowest BCUT2D eigenvalue weighted by molar-refractivity contribution is -0.142. The molecule has 3 nitrogen and oxygen atoms in total. The summed E-state index contributed by atoms with van der Waals surface area (Å²) in [6, 6.07) is 14.0. The van der Waals surface area contributed by atoms with E-state index in [1.807, 2.05) is 18.2 Å². The van der Waals surface area contributed by atoms with Gasteiger partial charge in [-0.1, -0.05) is 53.5 Å². The van der Waals surface area contributed by atoms with Gasteiger partial charge in [0.25, 0.3) is 0 Å². The van der Waals surface area contributed by atoms with Gasteiger partial charge in [0.1, 0.15) is 0 Å². The van der Waals surface area contributed by atoms with E-state index in [9.17, 15) is 9.90 Å². The molecule has 0 heterocycles. The highest BCUT2D eigenvalue weighted by Crippen LogP contribution is 2.35. The number of para-hydroxylation sites is 1. The highest BCUT2D eigenvalue weighted by atomic mass is 35.5. The van der Waals surface area contributed by atoms with Crippen LogP contribution in [0, 0.1) is 0 Å². The van der Waals surface area contributed by atoms with Crippen LogP contribution in [-0.4, -0.2) is 11.1 Å². The van der Waals surface area contributed by atoms with E-state index in [1.54, 1.807) is 37.3 Å². The fourth-order valence-corrected chi connectivity index (χ4v) is 2.43. The number of halogens is 2. The van der Waals surface area contributed by atoms with Gasteiger partial charge in [0.05, 0.1) is 10.0 Å². The maximum Gasteiger partial charge on any atom is 0.333 e. The Hall–Kier alpha value is -1.71. The number of carboxylic acids is 1. The number of hydrogen-bond donors (Lipinski definition) is 2. The molecule has 0 aromatic heterocycles. The van der Waals surface area contributed by atoms with Gasteiger partial charge in [-0.15, -0.1) is 0 Å². The highest BCUT2D eigenvalue weighted by molar-refractivity contribution is 6.42. The number of benzene rings is 2. The summed E-state index contributed by atoms with van der Waals surface area (Å²) in [5.41, 5.74) is -0.264. The summed E-state index contributed by atoms with van der Waals surface area (Å²) < 4.78 is 0. The second-order valence-corrected chi connectivity index (χ2v) is 5.31. The van der Waals surface area contributed by atoms with Crippen molar-refractivity contribution in [3.63, 3.8) is 0 Å². The zero-order chi connectivity index (χ0) is 14.8. The first-order valence-electron chi connectivity index (χ1n) is 5.96. The van der Waals surface area contributed by atoms with Gasteiger partial charge in [-0.05, 0) is 25.1 Å². The average Bonchev–Trinajstić information content (AvgIpc) is 2.42. The molecule has 0 spiro atoms. The summed E-state index contributed by atoms with van der Waals surface area (Å²) in [6.07, 6.45) is 0. The predicted molar refractivity (Wildman–Crippen MR) is 81.5 cm³/mol. The molecule has 0 amide bonds. The molecule has 0 bridgehead atoms. The van der Waals surface area contributed by atoms with Crippen LogP contribution < -0.4 is 5.32 Å². The molecule has 0 fully saturated rings. The number of carboxylic acid groups (broad SMARTS) is 1. The zero-order valence-corrected chi connectivity index (χ0v) is 12.2. The first kappa shape index (κ1) is 14.7. The van der Waals surface area contributed by atoms with Gasteiger partial charge in [0.2, 0.25) is 0 Å². The maximum absolute atomic E-state index is 11.7. The molecule has 104 valence electrons. The minimum absolute atomic E-state index is 0.238. The molecule has 0 aliphatic rings. The molecule has 2 N–H and O–H groups in total. The second kappa shape index (κ2) is 5.73. The normalized spacial score (nSPS) is 13.6. The SMILES string of the molecule is CC(Nc1ccccc1)(C(=O)O)c1cccc(Cl)c1Cl. The van der Waals surface area contributed by atoms with Crippen molar-refractivity contribution >= 4 is 34.9 Å². The summed E-state index contributed by atoms with van der Waals surface area (Å²) in [4.78, 5) is 11.7. The van der Waals surface area contributed by atoms with Crippen molar-refractivity contribution < 1.29 is 9.90 Å². The quantitative estimate of drug-likeness (QED) is 0.879. The van der Waals surface area contributed by atoms with Gasteiger partial charge < -0.3 is 10.4 Å². The molecule has 20 heavy (non-hydrogen) atoms. The Morgan fingerprint density at radius 1 is 1.10 bits per heavy atom. The van der Waals surface area contributed by atoms with Gasteiger partial charge in [-0.25, -0.2) is 4.79 Å². The Balaban J connectivity index is 2.50. The van der Waals surface area contributed by atoms with Crippen LogP contribution in [0.1, 0.15) is 12.5 Å². The van der Waals surface area contributed by atoms with Crippen molar-refractivity contribution in [2.45, 2.75) is 12.5 Å². The molecular weight excluding hydrogens is 297 g/mol. The van der Waals surface area contributed by atoms with Gasteiger partial charge in [-0.3, -0.25) is 0 Å². The molecule has 0 aliphatic heterocycles. The second-order valence-electron chi connectivity index (χ2n) is 4.52. The number of rotatable bonds is 4. The van der Waals surface area contributed by atoms with Crippen molar-refractivity contribution in [3.05, 3.63) is 64.1 Å². The Bertz CT molecular complexity index is 631. The minimum Gasteiger partial charge on any atom is -0.479 e. The van der Waals surface area contributed by atoms with E-state index in [1.165, 1.54) is 0 Å². The monoisotopic (exact) mass is 309 g/mol. The Labute approximate surface area is 127 Å². The van der Waals surface area contributed by atoms with Gasteiger partial charge >= 0.3 is 5.97 Å². The molecule has 2 aromatic rings. The van der Waals surface area contributed by atoms with Crippen LogP contribution in [0.3, 0.4) is 0 Å². The van der Waals surface area contributed by atoms with E-state index in [2.05, 4.69) is 5.32 Å². The van der Waals surface area contributed by atoms with Gasteiger partial charge in [-0.2, -0.15) is 0 Å². The summed E-state index contributed by atoms with van der Waals surface area (Å²) >= 11 is 12.1. The van der Waals surface area contributed by atoms with Crippen molar-refractivity contribution in [2.24, 2.45) is 0 Å². The molecule has 0 saturated heterocycles. The van der Waals surface area contributed by atoms with Crippen LogP contribution in [-0.2, 0) is 10.3 Å². The lowest BCUT2D eigenvalue weighted by Gasteiger charge is -2.29. The van der Waals surface area contributed by atoms with E-state index in [-0.39, 0.29) is 5.02 Å². The summed E-state index contributed by atoms with van der Waals surface area (Å²) in [5, 5.41) is 13.2. The lowest BCUT2D eigenvalue weighted by Crippen LogP contribution is -2.40. The molecule has 5 heteroatoms. The zero-order valence-electron chi connectivity index (χ0n) is 10.7. The Morgan fingerprint density at radius 3 is 2.35 bits per heavy atom. The van der Waals surface area contributed by atoms with E-state index < -0.39 is 11.5 Å². The largest absolute Gasteiger partial charge is 0.479 e. The third-order valence-electron chi connectivity index (χ3n) is 3.09. The van der Waals surface area contributed by atoms with Crippen LogP contribution in [0.25, 0.3) is 0 Å². The molecule has 2 aromatic carbocycles. The number of anilines is 1. The molecule has 0 radical (unpaired) electrons. The third-order valence-corrected chi connectivity index (χ3v) is 3.91. The number of carbonyl (C=O) groups is 1. The molecule has 2 rings (SSSR count). The Kier molecular flexibility index (Phi) is 4.21. The van der Waals surface area contributed by atoms with Gasteiger partial charge in [0, 0.05) is 11.3 Å². The summed E-state index contributed by atoms with van der Waals surface area (Å²) in [7, 11) is 0. The van der Waals surface area contributed by atoms with Crippen molar-refractivity contribution in [1.82, 2.24) is 0 Å². The molecule has 1 atom stereocenters. The fourth-order valence-electron chi connectivity index (χ4n) is 1.94. The van der Waals surface area contributed by atoms with Crippen LogP contribution in [0.4, 0.5) is 5.69 Å². The number of nitrogens with one attached hydrogen (secondary N) is 1. The summed E-state index contributed by atoms with van der Waals surface area (Å²) in [6.45, 7) is 1.56. The minimum atomic E-state index is -1.37. The molecular formula is C15H13Cl2NO2. The molecule has 0 aliphatic carbocycles. The standard InChI is InChI=1S/C15H13Cl2NO2/c1-15(14(19)20,18-10-6-3-2-4-7-10)11-8-5-9-12(16)13(11)17/h2-9,18H,1H3,(H,19,20). The van der Waals surface area contributed by atoms with E-state index in [4.69, 9.17) is 23.2 Å². The molecule has 0 saturated carbocycles. The fraction of sp³-hybridized carbons (Fsp3) is 0.133. The van der Waals surface area contributed by atoms with Crippen LogP contribution in [0.2, 0.25) is 10.0 Å². The predicted octanol–water partition coefficient (Wildman–Crippen LogP) is 4.41. The van der Waals surface area contributed by atoms with Crippen molar-refractivity contribution in [2.75, 3.05) is 5.32 Å². The Morgan fingerprint density at radius 2 is 1.75 bits per heavy atom. The number of hydrogen-bond acceptors (Lipinski definition) is 2. The average molecular weight is 310 g/mol. The van der Waals surface area contributed by atoms with E-state index in [0.717, 1.165) is 0 Å². The third kappa shape index (κ3) is 2.74. The maximum atomic E-state index is 11.7. The van der Waals surface area contributed by atoms with Crippen molar-refractivity contribution in [3.8, 4) is 0 Å². The van der Waals surface area contributed by atoms with E-state index >= 15 is 0 Å². The highest BCUT2D eigenvalue weighted by Gasteiger charge is 2.37.